The van der Waals surface area contributed by atoms with Crippen molar-refractivity contribution in [3.05, 3.63) is 66.4 Å². The van der Waals surface area contributed by atoms with Gasteiger partial charge in [-0.05, 0) is 25.2 Å². The lowest BCUT2D eigenvalue weighted by molar-refractivity contribution is 0.402. The molecule has 0 unspecified atom stereocenters. The first-order chi connectivity index (χ1) is 10.2. The fourth-order valence-corrected chi connectivity index (χ4v) is 3.19. The number of hydrogen-bond donors (Lipinski definition) is 0. The molecule has 21 heavy (non-hydrogen) atoms. The molecule has 0 atom stereocenters. The predicted molar refractivity (Wildman–Crippen MR) is 90.4 cm³/mol. The molecule has 0 saturated carbocycles. The Morgan fingerprint density at radius 1 is 0.905 bits per heavy atom. The Morgan fingerprint density at radius 2 is 1.62 bits per heavy atom. The van der Waals surface area contributed by atoms with Gasteiger partial charge in [0.1, 0.15) is 5.01 Å². The molecule has 1 aromatic heterocycles. The maximum absolute atomic E-state index is 4.54. The second kappa shape index (κ2) is 6.20. The van der Waals surface area contributed by atoms with Gasteiger partial charge >= 0.3 is 0 Å². The zero-order chi connectivity index (χ0) is 14.7. The van der Waals surface area contributed by atoms with Gasteiger partial charge in [-0.15, -0.1) is 11.3 Å². The standard InChI is InChI=1S/C18H18N2S/c1-20(2)13-14-8-10-15(11-9-14)17-12-19-18(21-17)16-6-4-3-5-7-16/h3-12H,13H2,1-2H3. The van der Waals surface area contributed by atoms with Crippen LogP contribution in [0.2, 0.25) is 0 Å². The highest BCUT2D eigenvalue weighted by atomic mass is 32.1. The van der Waals surface area contributed by atoms with E-state index in [0.29, 0.717) is 0 Å². The smallest absolute Gasteiger partial charge is 0.123 e. The Labute approximate surface area is 129 Å². The van der Waals surface area contributed by atoms with Gasteiger partial charge in [0.25, 0.3) is 0 Å². The van der Waals surface area contributed by atoms with Crippen LogP contribution in [-0.4, -0.2) is 24.0 Å². The molecule has 3 rings (SSSR count). The van der Waals surface area contributed by atoms with Crippen LogP contribution in [0.1, 0.15) is 5.56 Å². The van der Waals surface area contributed by atoms with E-state index in [1.54, 1.807) is 11.3 Å². The van der Waals surface area contributed by atoms with Crippen molar-refractivity contribution in [1.29, 1.82) is 0 Å². The van der Waals surface area contributed by atoms with Gasteiger partial charge in [0, 0.05) is 18.3 Å². The molecule has 0 radical (unpaired) electrons. The van der Waals surface area contributed by atoms with Gasteiger partial charge in [0.05, 0.1) is 4.88 Å². The highest BCUT2D eigenvalue weighted by Gasteiger charge is 2.06. The molecule has 0 aliphatic heterocycles. The Kier molecular flexibility index (Phi) is 4.13. The second-order valence-corrected chi connectivity index (χ2v) is 6.36. The molecular weight excluding hydrogens is 276 g/mol. The Bertz CT molecular complexity index is 700. The molecule has 1 heterocycles. The van der Waals surface area contributed by atoms with Gasteiger partial charge in [-0.3, -0.25) is 0 Å². The van der Waals surface area contributed by atoms with E-state index in [1.807, 2.05) is 24.4 Å². The van der Waals surface area contributed by atoms with Crippen LogP contribution < -0.4 is 0 Å². The number of benzene rings is 2. The van der Waals surface area contributed by atoms with E-state index in [0.717, 1.165) is 11.6 Å². The fourth-order valence-electron chi connectivity index (χ4n) is 2.26. The zero-order valence-corrected chi connectivity index (χ0v) is 13.1. The van der Waals surface area contributed by atoms with Crippen molar-refractivity contribution in [3.63, 3.8) is 0 Å². The minimum atomic E-state index is 0.970. The van der Waals surface area contributed by atoms with Gasteiger partial charge in [-0.2, -0.15) is 0 Å². The molecule has 0 bridgehead atoms. The molecule has 2 nitrogen and oxygen atoms in total. The van der Waals surface area contributed by atoms with Crippen molar-refractivity contribution in [3.8, 4) is 21.0 Å². The van der Waals surface area contributed by atoms with Crippen LogP contribution in [0.5, 0.6) is 0 Å². The van der Waals surface area contributed by atoms with Crippen LogP contribution in [0.4, 0.5) is 0 Å². The number of rotatable bonds is 4. The lowest BCUT2D eigenvalue weighted by atomic mass is 10.1. The topological polar surface area (TPSA) is 16.1 Å². The van der Waals surface area contributed by atoms with E-state index in [1.165, 1.54) is 21.6 Å². The number of aromatic nitrogens is 1. The SMILES string of the molecule is CN(C)Cc1ccc(-c2cnc(-c3ccccc3)s2)cc1. The van der Waals surface area contributed by atoms with Gasteiger partial charge in [-0.1, -0.05) is 54.6 Å². The summed E-state index contributed by atoms with van der Waals surface area (Å²) in [5.74, 6) is 0. The molecule has 0 saturated heterocycles. The fraction of sp³-hybridized carbons (Fsp3) is 0.167. The van der Waals surface area contributed by atoms with E-state index in [9.17, 15) is 0 Å². The van der Waals surface area contributed by atoms with Crippen LogP contribution in [-0.2, 0) is 6.54 Å². The maximum Gasteiger partial charge on any atom is 0.123 e. The van der Waals surface area contributed by atoms with Crippen LogP contribution in [0.3, 0.4) is 0 Å². The Balaban J connectivity index is 1.83. The lowest BCUT2D eigenvalue weighted by Crippen LogP contribution is -2.10. The zero-order valence-electron chi connectivity index (χ0n) is 12.3. The molecule has 2 aromatic carbocycles. The number of nitrogens with zero attached hydrogens (tertiary/aromatic N) is 2. The van der Waals surface area contributed by atoms with Crippen LogP contribution >= 0.6 is 11.3 Å². The molecule has 3 heteroatoms. The quantitative estimate of drug-likeness (QED) is 0.702. The summed E-state index contributed by atoms with van der Waals surface area (Å²) in [5, 5.41) is 1.07. The first kappa shape index (κ1) is 14.0. The van der Waals surface area contributed by atoms with Crippen LogP contribution in [0.25, 0.3) is 21.0 Å². The second-order valence-electron chi connectivity index (χ2n) is 5.33. The third-order valence-corrected chi connectivity index (χ3v) is 4.36. The van der Waals surface area contributed by atoms with E-state index in [4.69, 9.17) is 0 Å². The van der Waals surface area contributed by atoms with E-state index in [2.05, 4.69) is 60.4 Å². The largest absolute Gasteiger partial charge is 0.305 e. The Morgan fingerprint density at radius 3 is 2.29 bits per heavy atom. The molecular formula is C18H18N2S. The van der Waals surface area contributed by atoms with Gasteiger partial charge < -0.3 is 4.90 Å². The van der Waals surface area contributed by atoms with Crippen molar-refractivity contribution in [2.75, 3.05) is 14.1 Å². The molecule has 3 aromatic rings. The summed E-state index contributed by atoms with van der Waals surface area (Å²) >= 11 is 1.74. The molecule has 0 aliphatic carbocycles. The summed E-state index contributed by atoms with van der Waals surface area (Å²) in [6.45, 7) is 0.970. The van der Waals surface area contributed by atoms with Crippen molar-refractivity contribution >= 4 is 11.3 Å². The van der Waals surface area contributed by atoms with E-state index in [-0.39, 0.29) is 0 Å². The van der Waals surface area contributed by atoms with Crippen molar-refractivity contribution < 1.29 is 0 Å². The third kappa shape index (κ3) is 3.38. The molecule has 0 aliphatic rings. The summed E-state index contributed by atoms with van der Waals surface area (Å²) in [4.78, 5) is 7.93. The highest BCUT2D eigenvalue weighted by Crippen LogP contribution is 2.31. The molecule has 106 valence electrons. The van der Waals surface area contributed by atoms with Gasteiger partial charge in [0.15, 0.2) is 0 Å². The van der Waals surface area contributed by atoms with Crippen molar-refractivity contribution in [2.24, 2.45) is 0 Å². The summed E-state index contributed by atoms with van der Waals surface area (Å²) in [6.07, 6.45) is 1.97. The molecule has 0 amide bonds. The average molecular weight is 294 g/mol. The minimum absolute atomic E-state index is 0.970. The third-order valence-electron chi connectivity index (χ3n) is 3.26. The van der Waals surface area contributed by atoms with Crippen molar-refractivity contribution in [1.82, 2.24) is 9.88 Å². The van der Waals surface area contributed by atoms with E-state index >= 15 is 0 Å². The normalized spacial score (nSPS) is 11.0. The van der Waals surface area contributed by atoms with Gasteiger partial charge in [0.2, 0.25) is 0 Å². The summed E-state index contributed by atoms with van der Waals surface area (Å²) in [6, 6.07) is 19.1. The molecule has 0 fully saturated rings. The van der Waals surface area contributed by atoms with Crippen LogP contribution in [0.15, 0.2) is 60.8 Å². The van der Waals surface area contributed by atoms with E-state index < -0.39 is 0 Å². The maximum atomic E-state index is 4.54. The average Bonchev–Trinajstić information content (AvgIpc) is 2.98. The lowest BCUT2D eigenvalue weighted by Gasteiger charge is -2.09. The van der Waals surface area contributed by atoms with Gasteiger partial charge in [-0.25, -0.2) is 4.98 Å². The van der Waals surface area contributed by atoms with Crippen LogP contribution in [0, 0.1) is 0 Å². The predicted octanol–water partition coefficient (Wildman–Crippen LogP) is 4.54. The first-order valence-electron chi connectivity index (χ1n) is 6.97. The first-order valence-corrected chi connectivity index (χ1v) is 7.79. The van der Waals surface area contributed by atoms with Crippen molar-refractivity contribution in [2.45, 2.75) is 6.54 Å². The summed E-state index contributed by atoms with van der Waals surface area (Å²) in [7, 11) is 4.17. The monoisotopic (exact) mass is 294 g/mol. The number of thiazole rings is 1. The molecule has 0 N–H and O–H groups in total. The summed E-state index contributed by atoms with van der Waals surface area (Å²) in [5.41, 5.74) is 3.74. The summed E-state index contributed by atoms with van der Waals surface area (Å²) < 4.78 is 0. The Hall–Kier alpha value is -1.97. The minimum Gasteiger partial charge on any atom is -0.305 e. The molecule has 0 spiro atoms. The number of hydrogen-bond acceptors (Lipinski definition) is 3. The highest BCUT2D eigenvalue weighted by molar-refractivity contribution is 7.18.